The third kappa shape index (κ3) is 2.93. The van der Waals surface area contributed by atoms with Crippen LogP contribution in [-0.4, -0.2) is 6.54 Å². The largest absolute Gasteiger partial charge is 0.330 e. The van der Waals surface area contributed by atoms with Crippen LogP contribution in [0.2, 0.25) is 0 Å². The van der Waals surface area contributed by atoms with Crippen LogP contribution in [0.4, 0.5) is 4.39 Å². The van der Waals surface area contributed by atoms with Gasteiger partial charge in [0.2, 0.25) is 0 Å². The van der Waals surface area contributed by atoms with Crippen LogP contribution in [0.5, 0.6) is 0 Å². The molecule has 17 heavy (non-hydrogen) atoms. The van der Waals surface area contributed by atoms with Gasteiger partial charge < -0.3 is 5.73 Å². The summed E-state index contributed by atoms with van der Waals surface area (Å²) in [5.41, 5.74) is 8.22. The molecular weight excluding hydrogens is 281 g/mol. The van der Waals surface area contributed by atoms with E-state index in [4.69, 9.17) is 5.73 Å². The summed E-state index contributed by atoms with van der Waals surface area (Å²) in [6.45, 7) is 0.457. The first-order chi connectivity index (χ1) is 8.20. The van der Waals surface area contributed by atoms with Crippen molar-refractivity contribution in [3.05, 3.63) is 58.3 Å². The van der Waals surface area contributed by atoms with Gasteiger partial charge in [-0.2, -0.15) is 0 Å². The number of benzene rings is 2. The lowest BCUT2D eigenvalue weighted by molar-refractivity contribution is 0.610. The average Bonchev–Trinajstić information content (AvgIpc) is 2.32. The minimum atomic E-state index is -0.186. The van der Waals surface area contributed by atoms with Crippen molar-refractivity contribution in [3.8, 4) is 11.1 Å². The molecule has 0 saturated heterocycles. The molecule has 2 aromatic rings. The highest BCUT2D eigenvalue weighted by Crippen LogP contribution is 2.25. The van der Waals surface area contributed by atoms with Gasteiger partial charge in [0, 0.05) is 4.47 Å². The van der Waals surface area contributed by atoms with Crippen LogP contribution in [0, 0.1) is 5.82 Å². The molecule has 0 aliphatic carbocycles. The van der Waals surface area contributed by atoms with Gasteiger partial charge in [0.25, 0.3) is 0 Å². The van der Waals surface area contributed by atoms with Gasteiger partial charge >= 0.3 is 0 Å². The highest BCUT2D eigenvalue weighted by atomic mass is 79.9. The summed E-state index contributed by atoms with van der Waals surface area (Å²) in [5, 5.41) is 0. The summed E-state index contributed by atoms with van der Waals surface area (Å²) in [6, 6.07) is 13.1. The molecule has 0 atom stereocenters. The maximum Gasteiger partial charge on any atom is 0.126 e. The average molecular weight is 294 g/mol. The number of nitrogens with two attached hydrogens (primary N) is 1. The van der Waals surface area contributed by atoms with Gasteiger partial charge in [0.15, 0.2) is 0 Å². The van der Waals surface area contributed by atoms with Gasteiger partial charge in [0.1, 0.15) is 5.82 Å². The Morgan fingerprint density at radius 2 is 1.82 bits per heavy atom. The molecule has 3 heteroatoms. The van der Waals surface area contributed by atoms with E-state index < -0.39 is 0 Å². The van der Waals surface area contributed by atoms with Gasteiger partial charge in [0.05, 0.1) is 0 Å². The van der Waals surface area contributed by atoms with E-state index >= 15 is 0 Å². The second kappa shape index (κ2) is 5.43. The highest BCUT2D eigenvalue weighted by Gasteiger charge is 2.04. The smallest absolute Gasteiger partial charge is 0.126 e. The van der Waals surface area contributed by atoms with E-state index in [1.54, 1.807) is 6.07 Å². The first-order valence-electron chi connectivity index (χ1n) is 5.45. The van der Waals surface area contributed by atoms with E-state index in [1.165, 1.54) is 6.07 Å². The predicted molar refractivity (Wildman–Crippen MR) is 72.3 cm³/mol. The normalized spacial score (nSPS) is 10.5. The monoisotopic (exact) mass is 293 g/mol. The number of rotatable bonds is 3. The third-order valence-corrected chi connectivity index (χ3v) is 3.11. The standard InChI is InChI=1S/C14H13BrFN/c15-13-3-1-2-10(9-13)11-4-5-14(16)12(8-11)6-7-17/h1-5,8-9H,6-7,17H2. The molecule has 0 spiro atoms. The maximum atomic E-state index is 13.5. The molecule has 1 nitrogen and oxygen atoms in total. The van der Waals surface area contributed by atoms with Crippen molar-refractivity contribution in [2.45, 2.75) is 6.42 Å². The van der Waals surface area contributed by atoms with Crippen LogP contribution in [-0.2, 0) is 6.42 Å². The van der Waals surface area contributed by atoms with Gasteiger partial charge in [-0.25, -0.2) is 4.39 Å². The van der Waals surface area contributed by atoms with Crippen molar-refractivity contribution in [2.75, 3.05) is 6.54 Å². The minimum Gasteiger partial charge on any atom is -0.330 e. The van der Waals surface area contributed by atoms with Gasteiger partial charge in [-0.15, -0.1) is 0 Å². The lowest BCUT2D eigenvalue weighted by Gasteiger charge is -2.06. The molecule has 0 aromatic heterocycles. The Bertz CT molecular complexity index is 525. The number of hydrogen-bond donors (Lipinski definition) is 1. The van der Waals surface area contributed by atoms with Crippen molar-refractivity contribution in [3.63, 3.8) is 0 Å². The second-order valence-corrected chi connectivity index (χ2v) is 4.77. The van der Waals surface area contributed by atoms with Crippen molar-refractivity contribution in [2.24, 2.45) is 5.73 Å². The zero-order valence-corrected chi connectivity index (χ0v) is 10.9. The summed E-state index contributed by atoms with van der Waals surface area (Å²) in [4.78, 5) is 0. The van der Waals surface area contributed by atoms with E-state index in [1.807, 2.05) is 30.3 Å². The Morgan fingerprint density at radius 1 is 1.06 bits per heavy atom. The Labute approximate surface area is 109 Å². The molecule has 2 N–H and O–H groups in total. The lowest BCUT2D eigenvalue weighted by atomic mass is 10.0. The fourth-order valence-electron chi connectivity index (χ4n) is 1.77. The fraction of sp³-hybridized carbons (Fsp3) is 0.143. The molecule has 0 bridgehead atoms. The van der Waals surface area contributed by atoms with Crippen molar-refractivity contribution < 1.29 is 4.39 Å². The summed E-state index contributed by atoms with van der Waals surface area (Å²) < 4.78 is 14.5. The Balaban J connectivity index is 2.42. The van der Waals surface area contributed by atoms with Crippen LogP contribution in [0.25, 0.3) is 11.1 Å². The zero-order valence-electron chi connectivity index (χ0n) is 9.29. The molecular formula is C14H13BrFN. The molecule has 0 heterocycles. The fourth-order valence-corrected chi connectivity index (χ4v) is 2.17. The van der Waals surface area contributed by atoms with Crippen molar-refractivity contribution >= 4 is 15.9 Å². The quantitative estimate of drug-likeness (QED) is 0.916. The van der Waals surface area contributed by atoms with Crippen molar-refractivity contribution in [1.82, 2.24) is 0 Å². The minimum absolute atomic E-state index is 0.186. The van der Waals surface area contributed by atoms with E-state index in [9.17, 15) is 4.39 Å². The van der Waals surface area contributed by atoms with E-state index in [0.717, 1.165) is 15.6 Å². The Kier molecular flexibility index (Phi) is 3.92. The molecule has 0 unspecified atom stereocenters. The Hall–Kier alpha value is -1.19. The molecule has 0 aliphatic heterocycles. The lowest BCUT2D eigenvalue weighted by Crippen LogP contribution is -2.04. The Morgan fingerprint density at radius 3 is 2.53 bits per heavy atom. The molecule has 0 aliphatic rings. The summed E-state index contributed by atoms with van der Waals surface area (Å²) >= 11 is 3.43. The molecule has 0 fully saturated rings. The first kappa shape index (κ1) is 12.3. The van der Waals surface area contributed by atoms with Crippen LogP contribution < -0.4 is 5.73 Å². The predicted octanol–water partition coefficient (Wildman–Crippen LogP) is 3.76. The molecule has 0 saturated carbocycles. The van der Waals surface area contributed by atoms with Gasteiger partial charge in [-0.05, 0) is 53.9 Å². The summed E-state index contributed by atoms with van der Waals surface area (Å²) in [5.74, 6) is -0.186. The van der Waals surface area contributed by atoms with Crippen LogP contribution in [0.15, 0.2) is 46.9 Å². The second-order valence-electron chi connectivity index (χ2n) is 3.86. The third-order valence-electron chi connectivity index (χ3n) is 2.62. The van der Waals surface area contributed by atoms with E-state index in [0.29, 0.717) is 18.5 Å². The molecule has 0 amide bonds. The van der Waals surface area contributed by atoms with Gasteiger partial charge in [-0.3, -0.25) is 0 Å². The molecule has 88 valence electrons. The van der Waals surface area contributed by atoms with Crippen LogP contribution in [0.3, 0.4) is 0 Å². The molecule has 0 radical (unpaired) electrons. The van der Waals surface area contributed by atoms with E-state index in [2.05, 4.69) is 15.9 Å². The first-order valence-corrected chi connectivity index (χ1v) is 6.24. The van der Waals surface area contributed by atoms with Crippen molar-refractivity contribution in [1.29, 1.82) is 0 Å². The van der Waals surface area contributed by atoms with Gasteiger partial charge in [-0.1, -0.05) is 34.1 Å². The topological polar surface area (TPSA) is 26.0 Å². The molecule has 2 aromatic carbocycles. The van der Waals surface area contributed by atoms with Crippen LogP contribution in [0.1, 0.15) is 5.56 Å². The molecule has 2 rings (SSSR count). The van der Waals surface area contributed by atoms with E-state index in [-0.39, 0.29) is 5.82 Å². The summed E-state index contributed by atoms with van der Waals surface area (Å²) in [7, 11) is 0. The highest BCUT2D eigenvalue weighted by molar-refractivity contribution is 9.10. The number of halogens is 2. The van der Waals surface area contributed by atoms with Crippen LogP contribution >= 0.6 is 15.9 Å². The number of hydrogen-bond acceptors (Lipinski definition) is 1. The maximum absolute atomic E-state index is 13.5. The summed E-state index contributed by atoms with van der Waals surface area (Å²) in [6.07, 6.45) is 0.563. The zero-order chi connectivity index (χ0) is 12.3. The SMILES string of the molecule is NCCc1cc(-c2cccc(Br)c2)ccc1F.